The lowest BCUT2D eigenvalue weighted by molar-refractivity contribution is -0.777. The molecule has 288 valence electrons. The molecule has 0 atom stereocenters. The molecular weight excluding hydrogens is 752 g/mol. The predicted octanol–water partition coefficient (Wildman–Crippen LogP) is 9.41. The van der Waals surface area contributed by atoms with Gasteiger partial charge in [0, 0.05) is 76.1 Å². The first-order valence-corrected chi connectivity index (χ1v) is 21.7. The third kappa shape index (κ3) is 7.83. The van der Waals surface area contributed by atoms with Gasteiger partial charge in [0.25, 0.3) is 0 Å². The Morgan fingerprint density at radius 1 is 0.873 bits per heavy atom. The Morgan fingerprint density at radius 2 is 1.56 bits per heavy atom. The Morgan fingerprint density at radius 3 is 2.27 bits per heavy atom. The average molecular weight is 798 g/mol. The summed E-state index contributed by atoms with van der Waals surface area (Å²) in [5, 5.41) is 19.4. The molecule has 0 fully saturated rings. The van der Waals surface area contributed by atoms with Crippen molar-refractivity contribution >= 4 is 72.4 Å². The van der Waals surface area contributed by atoms with Crippen molar-refractivity contribution in [2.45, 2.75) is 70.6 Å². The molecule has 8 nitrogen and oxygen atoms in total. The van der Waals surface area contributed by atoms with Crippen molar-refractivity contribution in [3.05, 3.63) is 130 Å². The third-order valence-corrected chi connectivity index (χ3v) is 13.2. The summed E-state index contributed by atoms with van der Waals surface area (Å²) in [4.78, 5) is 2.18. The predicted molar refractivity (Wildman–Crippen MR) is 222 cm³/mol. The fraction of sp³-hybridized carbons (Fsp3) is 0.341. The topological polar surface area (TPSA) is 105 Å². The highest BCUT2D eigenvalue weighted by molar-refractivity contribution is 7.94. The van der Waals surface area contributed by atoms with E-state index in [1.165, 1.54) is 33.3 Å². The maximum absolute atomic E-state index is 11.6. The fourth-order valence-electron chi connectivity index (χ4n) is 8.85. The van der Waals surface area contributed by atoms with Crippen LogP contribution in [0.3, 0.4) is 0 Å². The molecule has 55 heavy (non-hydrogen) atoms. The minimum atomic E-state index is -4.34. The molecule has 2 heterocycles. The average Bonchev–Trinajstić information content (AvgIpc) is 3.51. The molecule has 1 aliphatic carbocycles. The van der Waals surface area contributed by atoms with Gasteiger partial charge in [0.2, 0.25) is 5.69 Å². The van der Waals surface area contributed by atoms with Gasteiger partial charge in [0.15, 0.2) is 5.71 Å². The van der Waals surface area contributed by atoms with E-state index >= 15 is 0 Å². The van der Waals surface area contributed by atoms with Crippen molar-refractivity contribution in [2.75, 3.05) is 29.5 Å². The number of rotatable bonds is 13. The Kier molecular flexibility index (Phi) is 11.5. The first-order chi connectivity index (χ1) is 26.3. The molecule has 0 saturated heterocycles. The summed E-state index contributed by atoms with van der Waals surface area (Å²) in [6.45, 7) is 10.1. The molecule has 7 rings (SSSR count). The van der Waals surface area contributed by atoms with Gasteiger partial charge in [-0.25, -0.2) is 8.42 Å². The highest BCUT2D eigenvalue weighted by Crippen LogP contribution is 2.51. The van der Waals surface area contributed by atoms with Crippen LogP contribution in [0.2, 0.25) is 0 Å². The Balaban J connectivity index is 1.24. The van der Waals surface area contributed by atoms with Crippen LogP contribution < -0.4 is 10.2 Å². The van der Waals surface area contributed by atoms with Crippen LogP contribution in [0.5, 0.6) is 0 Å². The van der Waals surface area contributed by atoms with E-state index in [4.69, 9.17) is 11.6 Å². The van der Waals surface area contributed by atoms with E-state index in [0.717, 1.165) is 82.6 Å². The van der Waals surface area contributed by atoms with Gasteiger partial charge >= 0.3 is 0 Å². The van der Waals surface area contributed by atoms with E-state index in [2.05, 4.69) is 132 Å². The molecule has 4 aromatic rings. The number of fused-ring (bicyclic) bond motifs is 6. The molecule has 0 saturated carbocycles. The number of nitrogens with zero attached hydrogens (tertiary/aromatic N) is 2. The van der Waals surface area contributed by atoms with E-state index in [1.54, 1.807) is 0 Å². The van der Waals surface area contributed by atoms with E-state index < -0.39 is 21.3 Å². The van der Waals surface area contributed by atoms with Gasteiger partial charge in [0.1, 0.15) is 6.54 Å². The normalized spacial score (nSPS) is 19.5. The number of anilines is 1. The summed E-state index contributed by atoms with van der Waals surface area (Å²) in [6, 6.07) is 25.4. The van der Waals surface area contributed by atoms with Crippen LogP contribution >= 0.6 is 23.6 Å². The van der Waals surface area contributed by atoms with Gasteiger partial charge in [-0.1, -0.05) is 92.2 Å². The van der Waals surface area contributed by atoms with E-state index in [0.29, 0.717) is 12.3 Å². The van der Waals surface area contributed by atoms with Crippen molar-refractivity contribution in [3.8, 4) is 0 Å². The van der Waals surface area contributed by atoms with Crippen LogP contribution in [0.1, 0.15) is 70.9 Å². The quantitative estimate of drug-likeness (QED) is 0.0329. The first kappa shape index (κ1) is 39.5. The van der Waals surface area contributed by atoms with E-state index in [9.17, 15) is 18.2 Å². The van der Waals surface area contributed by atoms with Crippen molar-refractivity contribution in [2.24, 2.45) is 0 Å². The summed E-state index contributed by atoms with van der Waals surface area (Å²) < 4.78 is 41.6. The zero-order chi connectivity index (χ0) is 39.0. The lowest BCUT2D eigenvalue weighted by Crippen LogP contribution is -2.28. The minimum absolute atomic E-state index is 0.227. The van der Waals surface area contributed by atoms with Crippen LogP contribution in [-0.2, 0) is 30.3 Å². The largest absolute Gasteiger partial charge is 0.748 e. The van der Waals surface area contributed by atoms with Crippen molar-refractivity contribution in [1.82, 2.24) is 0 Å². The first-order valence-electron chi connectivity index (χ1n) is 18.8. The van der Waals surface area contributed by atoms with Gasteiger partial charge < -0.3 is 14.7 Å². The zero-order valence-corrected chi connectivity index (χ0v) is 34.0. The molecule has 0 bridgehead atoms. The molecule has 0 spiro atoms. The second-order valence-corrected chi connectivity index (χ2v) is 18.2. The molecule has 11 heteroatoms. The fourth-order valence-corrected chi connectivity index (χ4v) is 10.0. The number of halogens is 1. The molecule has 2 aliphatic heterocycles. The molecule has 0 amide bonds. The molecule has 0 aromatic heterocycles. The van der Waals surface area contributed by atoms with Crippen LogP contribution in [0.25, 0.3) is 21.5 Å². The molecule has 0 radical (unpaired) electrons. The number of hydrogen-bond acceptors (Lipinski definition) is 8. The van der Waals surface area contributed by atoms with Gasteiger partial charge in [-0.05, 0) is 96.0 Å². The van der Waals surface area contributed by atoms with E-state index in [1.807, 2.05) is 12.1 Å². The Hall–Kier alpha value is -3.74. The summed E-state index contributed by atoms with van der Waals surface area (Å²) in [5.41, 5.74) is 8.35. The number of allylic oxidation sites excluding steroid dienone is 8. The van der Waals surface area contributed by atoms with Crippen LogP contribution in [0.15, 0.2) is 119 Å². The van der Waals surface area contributed by atoms with Crippen LogP contribution in [0.4, 0.5) is 11.4 Å². The highest BCUT2D eigenvalue weighted by Gasteiger charge is 2.45. The Bertz CT molecular complexity index is 2410. The third-order valence-electron chi connectivity index (χ3n) is 11.3. The standard InChI is InChI=1S/C44H47ClN2O6S2/c1-43(2)38(46(26-10-28-54-53-52-48)36-22-18-30-12-5-7-16-34(30)40(36)43)24-20-32-14-9-15-33(42(32)45)21-25-39-44(3,4)41-35-17-8-6-13-31(35)19-23-37(41)47(39)27-11-29-55(49,50)51/h5-8,12-13,16-25H,9-11,14-15,26-29H2,1-4H3,(H-,48,49,50,51)/p-1. The Labute approximate surface area is 333 Å². The maximum Gasteiger partial charge on any atom is 0.210 e. The molecular formula is C44H46ClN2O6S2-. The summed E-state index contributed by atoms with van der Waals surface area (Å²) in [7, 11) is -4.34. The van der Waals surface area contributed by atoms with Gasteiger partial charge in [-0.3, -0.25) is 5.04 Å². The molecule has 0 N–H and O–H groups in total. The maximum atomic E-state index is 11.6. The number of hydrogen-bond donors (Lipinski definition) is 0. The van der Waals surface area contributed by atoms with Gasteiger partial charge in [-0.15, -0.1) is 0 Å². The molecule has 0 unspecified atom stereocenters. The van der Waals surface area contributed by atoms with Crippen molar-refractivity contribution < 1.29 is 32.2 Å². The lowest BCUT2D eigenvalue weighted by atomic mass is 9.78. The SMILES string of the molecule is CC1(C)C(/C=C/C2=C(Cl)C(=C/C=C3/N(CCCS(=O)(=O)[O-])c4ccc5ccccc5c4C3(C)C)/CCC2)=[N+](CCCSOO[O-])c2ccc3ccccc3c21. The second-order valence-electron chi connectivity index (χ2n) is 15.5. The van der Waals surface area contributed by atoms with Crippen molar-refractivity contribution in [3.63, 3.8) is 0 Å². The van der Waals surface area contributed by atoms with Gasteiger partial charge in [0.05, 0.1) is 15.5 Å². The van der Waals surface area contributed by atoms with Gasteiger partial charge in [-0.2, -0.15) is 8.91 Å². The summed E-state index contributed by atoms with van der Waals surface area (Å²) in [5.74, 6) is 0.191. The monoisotopic (exact) mass is 797 g/mol. The summed E-state index contributed by atoms with van der Waals surface area (Å²) in [6.07, 6.45) is 12.3. The van der Waals surface area contributed by atoms with Crippen molar-refractivity contribution in [1.29, 1.82) is 0 Å². The molecule has 4 aromatic carbocycles. The lowest BCUT2D eigenvalue weighted by Gasteiger charge is -2.27. The van der Waals surface area contributed by atoms with Crippen LogP contribution in [-0.4, -0.2) is 47.9 Å². The zero-order valence-electron chi connectivity index (χ0n) is 31.6. The second kappa shape index (κ2) is 16.0. The number of benzene rings is 4. The van der Waals surface area contributed by atoms with E-state index in [-0.39, 0.29) is 11.8 Å². The van der Waals surface area contributed by atoms with Crippen LogP contribution in [0, 0.1) is 0 Å². The molecule has 3 aliphatic rings. The summed E-state index contributed by atoms with van der Waals surface area (Å²) >= 11 is 8.28. The highest BCUT2D eigenvalue weighted by atomic mass is 35.5. The minimum Gasteiger partial charge on any atom is -0.748 e. The smallest absolute Gasteiger partial charge is 0.210 e.